The summed E-state index contributed by atoms with van der Waals surface area (Å²) in [5.41, 5.74) is 0. The Hall–Kier alpha value is -1.51. The highest BCUT2D eigenvalue weighted by Gasteiger charge is 2.27. The molecule has 2 atom stereocenters. The molecule has 0 saturated carbocycles. The predicted octanol–water partition coefficient (Wildman–Crippen LogP) is 19.4. The van der Waals surface area contributed by atoms with Crippen LogP contribution in [0.4, 0.5) is 0 Å². The van der Waals surface area contributed by atoms with Crippen molar-refractivity contribution in [2.24, 2.45) is 0 Å². The first-order valence-electron chi connectivity index (χ1n) is 31.1. The van der Waals surface area contributed by atoms with E-state index in [4.69, 9.17) is 18.5 Å². The topological polar surface area (TPSA) is 108 Å². The van der Waals surface area contributed by atoms with Crippen molar-refractivity contribution in [3.05, 3.63) is 24.3 Å². The monoisotopic (exact) mass is 1040 g/mol. The second-order valence-electron chi connectivity index (χ2n) is 22.5. The van der Waals surface area contributed by atoms with Crippen LogP contribution in [0.1, 0.15) is 309 Å². The van der Waals surface area contributed by atoms with Crippen molar-refractivity contribution in [2.75, 3.05) is 47.5 Å². The average molecular weight is 1040 g/mol. The summed E-state index contributed by atoms with van der Waals surface area (Å²) >= 11 is 0. The molecular formula is C62H121NO8P+. The van der Waals surface area contributed by atoms with Gasteiger partial charge in [0.2, 0.25) is 0 Å². The molecule has 0 heterocycles. The average Bonchev–Trinajstić information content (AvgIpc) is 3.34. The van der Waals surface area contributed by atoms with Crippen molar-refractivity contribution >= 4 is 19.8 Å². The Bertz CT molecular complexity index is 1270. The minimum absolute atomic E-state index is 0.0355. The maximum absolute atomic E-state index is 12.7. The summed E-state index contributed by atoms with van der Waals surface area (Å²) in [4.78, 5) is 35.3. The lowest BCUT2D eigenvalue weighted by Gasteiger charge is -2.24. The summed E-state index contributed by atoms with van der Waals surface area (Å²) in [5, 5.41) is 0. The van der Waals surface area contributed by atoms with Crippen molar-refractivity contribution in [1.29, 1.82) is 0 Å². The summed E-state index contributed by atoms with van der Waals surface area (Å²) in [6.07, 6.45) is 66.2. The van der Waals surface area contributed by atoms with Crippen LogP contribution in [0.15, 0.2) is 24.3 Å². The number of phosphoric ester groups is 1. The van der Waals surface area contributed by atoms with Crippen LogP contribution in [0, 0.1) is 0 Å². The van der Waals surface area contributed by atoms with Crippen LogP contribution in [-0.4, -0.2) is 74.9 Å². The van der Waals surface area contributed by atoms with Gasteiger partial charge in [-0.2, -0.15) is 0 Å². The van der Waals surface area contributed by atoms with E-state index in [9.17, 15) is 19.0 Å². The van der Waals surface area contributed by atoms with Gasteiger partial charge in [0.1, 0.15) is 19.8 Å². The van der Waals surface area contributed by atoms with Gasteiger partial charge in [0.25, 0.3) is 0 Å². The number of rotatable bonds is 58. The van der Waals surface area contributed by atoms with E-state index >= 15 is 0 Å². The molecule has 0 rings (SSSR count). The van der Waals surface area contributed by atoms with E-state index in [-0.39, 0.29) is 25.6 Å². The second kappa shape index (κ2) is 54.3. The molecule has 0 fully saturated rings. The van der Waals surface area contributed by atoms with Crippen molar-refractivity contribution < 1.29 is 42.1 Å². The molecule has 0 spiro atoms. The number of ether oxygens (including phenoxy) is 2. The summed E-state index contributed by atoms with van der Waals surface area (Å²) in [5.74, 6) is -0.790. The standard InChI is InChI=1S/C62H120NO8P/c1-6-8-10-12-14-15-16-17-18-19-20-21-22-23-24-25-26-27-28-29-30-31-32-33-34-35-36-37-38-39-40-41-42-43-44-45-46-47-49-51-53-55-62(65)71-60(59-70-72(66,67)69-57-56-63(3,4)5)58-68-61(64)54-52-50-48-13-11-9-7-2/h16-17,19-20,60H,6-15,18,21-59H2,1-5H3/p+1/b17-16-,20-19-. The molecule has 0 bridgehead atoms. The summed E-state index contributed by atoms with van der Waals surface area (Å²) in [7, 11) is 1.49. The fourth-order valence-corrected chi connectivity index (χ4v) is 9.91. The first kappa shape index (κ1) is 70.5. The largest absolute Gasteiger partial charge is 0.472 e. The Morgan fingerprint density at radius 1 is 0.431 bits per heavy atom. The molecule has 10 heteroatoms. The molecule has 0 amide bonds. The van der Waals surface area contributed by atoms with Crippen LogP contribution in [0.2, 0.25) is 0 Å². The first-order valence-corrected chi connectivity index (χ1v) is 32.6. The fourth-order valence-electron chi connectivity index (χ4n) is 9.17. The molecule has 9 nitrogen and oxygen atoms in total. The highest BCUT2D eigenvalue weighted by Crippen LogP contribution is 2.43. The molecule has 2 unspecified atom stereocenters. The van der Waals surface area contributed by atoms with E-state index in [2.05, 4.69) is 38.2 Å². The van der Waals surface area contributed by atoms with E-state index in [1.165, 1.54) is 238 Å². The summed E-state index contributed by atoms with van der Waals surface area (Å²) in [6, 6.07) is 0. The number of nitrogens with zero attached hydrogens (tertiary/aromatic N) is 1. The summed E-state index contributed by atoms with van der Waals surface area (Å²) in [6.45, 7) is 4.41. The zero-order chi connectivity index (χ0) is 52.7. The number of unbranched alkanes of at least 4 members (excludes halogenated alkanes) is 40. The lowest BCUT2D eigenvalue weighted by Crippen LogP contribution is -2.37. The first-order chi connectivity index (χ1) is 35.0. The Morgan fingerprint density at radius 2 is 0.750 bits per heavy atom. The fraction of sp³-hybridized carbons (Fsp3) is 0.903. The van der Waals surface area contributed by atoms with Gasteiger partial charge in [-0.1, -0.05) is 276 Å². The number of likely N-dealkylation sites (N-methyl/N-ethyl adjacent to an activating group) is 1. The molecule has 72 heavy (non-hydrogen) atoms. The maximum atomic E-state index is 12.7. The molecule has 0 radical (unpaired) electrons. The van der Waals surface area contributed by atoms with Gasteiger partial charge in [-0.25, -0.2) is 4.57 Å². The predicted molar refractivity (Wildman–Crippen MR) is 307 cm³/mol. The van der Waals surface area contributed by atoms with Gasteiger partial charge < -0.3 is 18.9 Å². The normalized spacial score (nSPS) is 13.4. The van der Waals surface area contributed by atoms with Crippen molar-refractivity contribution in [2.45, 2.75) is 315 Å². The molecule has 0 aromatic rings. The number of allylic oxidation sites excluding steroid dienone is 4. The number of esters is 2. The van der Waals surface area contributed by atoms with Crippen molar-refractivity contribution in [3.8, 4) is 0 Å². The van der Waals surface area contributed by atoms with Crippen LogP contribution < -0.4 is 0 Å². The van der Waals surface area contributed by atoms with Gasteiger partial charge in [-0.3, -0.25) is 18.6 Å². The van der Waals surface area contributed by atoms with Gasteiger partial charge in [-0.05, 0) is 44.9 Å². The minimum atomic E-state index is -4.37. The molecule has 426 valence electrons. The number of carbonyl (C=O) groups excluding carboxylic acids is 2. The third-order valence-corrected chi connectivity index (χ3v) is 15.0. The zero-order valence-corrected chi connectivity index (χ0v) is 49.3. The molecule has 0 aliphatic rings. The highest BCUT2D eigenvalue weighted by molar-refractivity contribution is 7.47. The van der Waals surface area contributed by atoms with Crippen LogP contribution >= 0.6 is 7.82 Å². The van der Waals surface area contributed by atoms with Crippen molar-refractivity contribution in [3.63, 3.8) is 0 Å². The van der Waals surface area contributed by atoms with E-state index in [0.717, 1.165) is 44.9 Å². The molecular weight excluding hydrogens is 918 g/mol. The van der Waals surface area contributed by atoms with Gasteiger partial charge in [0, 0.05) is 12.8 Å². The molecule has 0 aromatic heterocycles. The number of hydrogen-bond acceptors (Lipinski definition) is 7. The van der Waals surface area contributed by atoms with Gasteiger partial charge in [0.15, 0.2) is 6.10 Å². The van der Waals surface area contributed by atoms with Crippen molar-refractivity contribution in [1.82, 2.24) is 0 Å². The van der Waals surface area contributed by atoms with Gasteiger partial charge in [-0.15, -0.1) is 0 Å². The molecule has 0 aromatic carbocycles. The Morgan fingerprint density at radius 3 is 1.10 bits per heavy atom. The third-order valence-electron chi connectivity index (χ3n) is 14.0. The highest BCUT2D eigenvalue weighted by atomic mass is 31.2. The Labute approximate surface area is 447 Å². The summed E-state index contributed by atoms with van der Waals surface area (Å²) < 4.78 is 34.3. The van der Waals surface area contributed by atoms with Crippen LogP contribution in [0.5, 0.6) is 0 Å². The molecule has 0 aliphatic carbocycles. The maximum Gasteiger partial charge on any atom is 0.472 e. The minimum Gasteiger partial charge on any atom is -0.462 e. The molecule has 0 aliphatic heterocycles. The van der Waals surface area contributed by atoms with Gasteiger partial charge >= 0.3 is 19.8 Å². The number of phosphoric acid groups is 1. The zero-order valence-electron chi connectivity index (χ0n) is 48.4. The van der Waals surface area contributed by atoms with E-state index < -0.39 is 26.5 Å². The van der Waals surface area contributed by atoms with E-state index in [1.807, 2.05) is 21.1 Å². The Kier molecular flexibility index (Phi) is 53.1. The number of quaternary nitrogens is 1. The van der Waals surface area contributed by atoms with Crippen LogP contribution in [-0.2, 0) is 32.7 Å². The van der Waals surface area contributed by atoms with E-state index in [1.54, 1.807) is 0 Å². The number of carbonyl (C=O) groups is 2. The second-order valence-corrected chi connectivity index (χ2v) is 23.9. The van der Waals surface area contributed by atoms with E-state index in [0.29, 0.717) is 17.4 Å². The SMILES string of the molecule is CCCCCCC/C=C\C/C=C\CCCCCCCCCCCCCCCCCCCCCCCCCCCCCCCC(=O)OC(COC(=O)CCCCCCCCC)COP(=O)(O)OCC[N+](C)(C)C. The Balaban J connectivity index is 3.71. The smallest absolute Gasteiger partial charge is 0.462 e. The molecule has 0 saturated heterocycles. The number of hydrogen-bond donors (Lipinski definition) is 1. The quantitative estimate of drug-likeness (QED) is 0.0211. The van der Waals surface area contributed by atoms with Crippen LogP contribution in [0.25, 0.3) is 0 Å². The van der Waals surface area contributed by atoms with Gasteiger partial charge in [0.05, 0.1) is 27.7 Å². The lowest BCUT2D eigenvalue weighted by molar-refractivity contribution is -0.870. The third kappa shape index (κ3) is 57.8. The molecule has 1 N–H and O–H groups in total. The lowest BCUT2D eigenvalue weighted by atomic mass is 10.0. The van der Waals surface area contributed by atoms with Crippen LogP contribution in [0.3, 0.4) is 0 Å².